The highest BCUT2D eigenvalue weighted by Crippen LogP contribution is 2.32. The Morgan fingerprint density at radius 2 is 1.72 bits per heavy atom. The molecule has 1 unspecified atom stereocenters. The van der Waals surface area contributed by atoms with Crippen LogP contribution in [0.4, 0.5) is 0 Å². The van der Waals surface area contributed by atoms with Crippen LogP contribution < -0.4 is 0 Å². The number of hydrogen-bond acceptors (Lipinski definition) is 2. The van der Waals surface area contributed by atoms with Gasteiger partial charge in [-0.05, 0) is 37.4 Å². The minimum Gasteiger partial charge on any atom is -0.347 e. The first kappa shape index (κ1) is 18.4. The van der Waals surface area contributed by atoms with Gasteiger partial charge in [0.2, 0.25) is 0 Å². The predicted octanol–water partition coefficient (Wildman–Crippen LogP) is 4.23. The van der Waals surface area contributed by atoms with Gasteiger partial charge >= 0.3 is 0 Å². The van der Waals surface area contributed by atoms with Crippen molar-refractivity contribution in [3.63, 3.8) is 0 Å². The van der Waals surface area contributed by atoms with Gasteiger partial charge in [0.15, 0.2) is 0 Å². The summed E-state index contributed by atoms with van der Waals surface area (Å²) in [6.45, 7) is 4.03. The molecular weight excluding hydrogens is 358 g/mol. The number of para-hydroxylation sites is 1. The smallest absolute Gasteiger partial charge is 0.256 e. The SMILES string of the molecule is Cn1c2c(c3ccccc31)C(=O)N(C1CCCN(Cc3ccccc3)CC1)CC2. The Morgan fingerprint density at radius 1 is 0.931 bits per heavy atom. The van der Waals surface area contributed by atoms with Crippen molar-refractivity contribution in [1.29, 1.82) is 0 Å². The van der Waals surface area contributed by atoms with E-state index in [1.165, 1.54) is 16.8 Å². The van der Waals surface area contributed by atoms with Crippen LogP contribution in [0.25, 0.3) is 10.9 Å². The predicted molar refractivity (Wildman–Crippen MR) is 117 cm³/mol. The van der Waals surface area contributed by atoms with Crippen LogP contribution in [0, 0.1) is 0 Å². The van der Waals surface area contributed by atoms with E-state index in [0.717, 1.165) is 62.8 Å². The van der Waals surface area contributed by atoms with Crippen LogP contribution in [0.1, 0.15) is 40.9 Å². The van der Waals surface area contributed by atoms with Crippen LogP contribution in [0.3, 0.4) is 0 Å². The number of carbonyl (C=O) groups excluding carboxylic acids is 1. The van der Waals surface area contributed by atoms with E-state index in [4.69, 9.17) is 0 Å². The molecule has 3 aromatic rings. The maximum Gasteiger partial charge on any atom is 0.256 e. The number of benzene rings is 2. The third-order valence-electron chi connectivity index (χ3n) is 6.77. The number of fused-ring (bicyclic) bond motifs is 3. The second-order valence-corrected chi connectivity index (χ2v) is 8.49. The van der Waals surface area contributed by atoms with Crippen molar-refractivity contribution in [1.82, 2.24) is 14.4 Å². The molecule has 3 heterocycles. The highest BCUT2D eigenvalue weighted by atomic mass is 16.2. The number of nitrogens with zero attached hydrogens (tertiary/aromatic N) is 3. The molecule has 1 saturated heterocycles. The lowest BCUT2D eigenvalue weighted by molar-refractivity contribution is 0.0641. The van der Waals surface area contributed by atoms with Crippen molar-refractivity contribution < 1.29 is 4.79 Å². The zero-order valence-corrected chi connectivity index (χ0v) is 17.2. The third kappa shape index (κ3) is 3.36. The third-order valence-corrected chi connectivity index (χ3v) is 6.77. The quantitative estimate of drug-likeness (QED) is 0.673. The van der Waals surface area contributed by atoms with Crippen molar-refractivity contribution in [3.05, 3.63) is 71.4 Å². The summed E-state index contributed by atoms with van der Waals surface area (Å²) < 4.78 is 2.22. The van der Waals surface area contributed by atoms with Gasteiger partial charge in [-0.15, -0.1) is 0 Å². The van der Waals surface area contributed by atoms with Crippen LogP contribution in [0.15, 0.2) is 54.6 Å². The summed E-state index contributed by atoms with van der Waals surface area (Å²) in [6.07, 6.45) is 4.29. The average Bonchev–Trinajstić information content (AvgIpc) is 2.89. The summed E-state index contributed by atoms with van der Waals surface area (Å²) in [4.78, 5) is 18.3. The summed E-state index contributed by atoms with van der Waals surface area (Å²) >= 11 is 0. The lowest BCUT2D eigenvalue weighted by Crippen LogP contribution is -2.45. The Hall–Kier alpha value is -2.59. The van der Waals surface area contributed by atoms with Crippen LogP contribution in [-0.2, 0) is 20.0 Å². The molecule has 150 valence electrons. The van der Waals surface area contributed by atoms with Gasteiger partial charge in [-0.1, -0.05) is 48.5 Å². The van der Waals surface area contributed by atoms with Crippen molar-refractivity contribution in [3.8, 4) is 0 Å². The average molecular weight is 388 g/mol. The van der Waals surface area contributed by atoms with Crippen LogP contribution in [-0.4, -0.2) is 46.0 Å². The molecule has 4 heteroatoms. The Bertz CT molecular complexity index is 1020. The molecule has 1 amide bonds. The van der Waals surface area contributed by atoms with Crippen molar-refractivity contribution in [2.45, 2.75) is 38.3 Å². The first-order valence-electron chi connectivity index (χ1n) is 10.9. The summed E-state index contributed by atoms with van der Waals surface area (Å²) in [6, 6.07) is 19.4. The lowest BCUT2D eigenvalue weighted by atomic mass is 9.99. The summed E-state index contributed by atoms with van der Waals surface area (Å²) in [7, 11) is 2.09. The first-order chi connectivity index (χ1) is 14.2. The monoisotopic (exact) mass is 387 g/mol. The van der Waals surface area contributed by atoms with Gasteiger partial charge < -0.3 is 9.47 Å². The molecule has 1 atom stereocenters. The second kappa shape index (κ2) is 7.68. The molecule has 0 aliphatic carbocycles. The van der Waals surface area contributed by atoms with Gasteiger partial charge in [-0.2, -0.15) is 0 Å². The maximum atomic E-state index is 13.5. The number of hydrogen-bond donors (Lipinski definition) is 0. The molecular formula is C25H29N3O. The molecule has 1 aromatic heterocycles. The molecule has 2 aliphatic heterocycles. The molecule has 5 rings (SSSR count). The maximum absolute atomic E-state index is 13.5. The highest BCUT2D eigenvalue weighted by Gasteiger charge is 2.34. The molecule has 29 heavy (non-hydrogen) atoms. The van der Waals surface area contributed by atoms with Crippen LogP contribution >= 0.6 is 0 Å². The summed E-state index contributed by atoms with van der Waals surface area (Å²) in [5.41, 5.74) is 4.69. The van der Waals surface area contributed by atoms with E-state index in [1.807, 2.05) is 6.07 Å². The van der Waals surface area contributed by atoms with Crippen molar-refractivity contribution in [2.24, 2.45) is 7.05 Å². The number of likely N-dealkylation sites (tertiary alicyclic amines) is 1. The van der Waals surface area contributed by atoms with Crippen molar-refractivity contribution >= 4 is 16.8 Å². The number of aromatic nitrogens is 1. The van der Waals surface area contributed by atoms with Gasteiger partial charge in [0.05, 0.1) is 5.56 Å². The normalized spacial score (nSPS) is 20.7. The lowest BCUT2D eigenvalue weighted by Gasteiger charge is -2.34. The minimum absolute atomic E-state index is 0.240. The number of amides is 1. The summed E-state index contributed by atoms with van der Waals surface area (Å²) in [5, 5.41) is 1.11. The fourth-order valence-corrected chi connectivity index (χ4v) is 5.25. The van der Waals surface area contributed by atoms with Gasteiger partial charge in [0.1, 0.15) is 0 Å². The molecule has 1 fully saturated rings. The van der Waals surface area contributed by atoms with E-state index < -0.39 is 0 Å². The zero-order chi connectivity index (χ0) is 19.8. The van der Waals surface area contributed by atoms with Gasteiger partial charge in [-0.3, -0.25) is 9.69 Å². The zero-order valence-electron chi connectivity index (χ0n) is 17.2. The van der Waals surface area contributed by atoms with Gasteiger partial charge in [-0.25, -0.2) is 0 Å². The van der Waals surface area contributed by atoms with E-state index in [-0.39, 0.29) is 5.91 Å². The fourth-order valence-electron chi connectivity index (χ4n) is 5.25. The summed E-state index contributed by atoms with van der Waals surface area (Å²) in [5.74, 6) is 0.240. The van der Waals surface area contributed by atoms with Crippen molar-refractivity contribution in [2.75, 3.05) is 19.6 Å². The van der Waals surface area contributed by atoms with Crippen LogP contribution in [0.2, 0.25) is 0 Å². The number of aryl methyl sites for hydroxylation is 1. The number of carbonyl (C=O) groups is 1. The largest absolute Gasteiger partial charge is 0.347 e. The Morgan fingerprint density at radius 3 is 2.59 bits per heavy atom. The standard InChI is InChI=1S/C25H29N3O/c1-26-22-12-6-5-11-21(22)24-23(26)14-17-28(25(24)29)20-10-7-15-27(16-13-20)18-19-8-3-2-4-9-19/h2-6,8-9,11-12,20H,7,10,13-18H2,1H3. The molecule has 0 bridgehead atoms. The van der Waals surface area contributed by atoms with E-state index in [9.17, 15) is 4.79 Å². The molecule has 2 aromatic carbocycles. The second-order valence-electron chi connectivity index (χ2n) is 8.49. The molecule has 0 spiro atoms. The molecule has 0 radical (unpaired) electrons. The topological polar surface area (TPSA) is 28.5 Å². The highest BCUT2D eigenvalue weighted by molar-refractivity contribution is 6.09. The molecule has 2 aliphatic rings. The Kier molecular flexibility index (Phi) is 4.88. The Labute approximate surface area is 172 Å². The van der Waals surface area contributed by atoms with E-state index in [2.05, 4.69) is 69.9 Å². The fraction of sp³-hybridized carbons (Fsp3) is 0.400. The van der Waals surface area contributed by atoms with E-state index in [0.29, 0.717) is 6.04 Å². The van der Waals surface area contributed by atoms with Crippen LogP contribution in [0.5, 0.6) is 0 Å². The molecule has 0 N–H and O–H groups in total. The van der Waals surface area contributed by atoms with E-state index in [1.54, 1.807) is 0 Å². The Balaban J connectivity index is 1.33. The van der Waals surface area contributed by atoms with E-state index >= 15 is 0 Å². The first-order valence-corrected chi connectivity index (χ1v) is 10.9. The molecule has 4 nitrogen and oxygen atoms in total. The minimum atomic E-state index is 0.240. The van der Waals surface area contributed by atoms with Gasteiger partial charge in [0, 0.05) is 55.7 Å². The number of rotatable bonds is 3. The molecule has 0 saturated carbocycles. The van der Waals surface area contributed by atoms with Gasteiger partial charge in [0.25, 0.3) is 5.91 Å².